The zero-order valence-electron chi connectivity index (χ0n) is 17.5. The van der Waals surface area contributed by atoms with Crippen molar-refractivity contribution in [3.05, 3.63) is 70.2 Å². The number of likely N-dealkylation sites (tertiary alicyclic amines) is 1. The van der Waals surface area contributed by atoms with Gasteiger partial charge in [-0.1, -0.05) is 72.2 Å². The second kappa shape index (κ2) is 10.6. The quantitative estimate of drug-likeness (QED) is 0.631. The molecular weight excluding hydrogens is 444 g/mol. The van der Waals surface area contributed by atoms with Crippen molar-refractivity contribution in [3.63, 3.8) is 0 Å². The van der Waals surface area contributed by atoms with Gasteiger partial charge in [0.05, 0.1) is 12.6 Å². The van der Waals surface area contributed by atoms with Crippen LogP contribution in [0.2, 0.25) is 0 Å². The van der Waals surface area contributed by atoms with E-state index in [-0.39, 0.29) is 24.0 Å². The van der Waals surface area contributed by atoms with E-state index in [1.807, 2.05) is 68.4 Å². The third kappa shape index (κ3) is 6.08. The lowest BCUT2D eigenvalue weighted by atomic mass is 9.93. The number of hydrogen-bond donors (Lipinski definition) is 1. The van der Waals surface area contributed by atoms with Crippen molar-refractivity contribution in [2.45, 2.75) is 32.7 Å². The minimum absolute atomic E-state index is 0.0296. The van der Waals surface area contributed by atoms with Gasteiger partial charge in [0.15, 0.2) is 0 Å². The van der Waals surface area contributed by atoms with Crippen LogP contribution >= 0.6 is 15.9 Å². The van der Waals surface area contributed by atoms with Gasteiger partial charge in [-0.15, -0.1) is 0 Å². The summed E-state index contributed by atoms with van der Waals surface area (Å²) >= 11 is 3.47. The largest absolute Gasteiger partial charge is 0.449 e. The van der Waals surface area contributed by atoms with E-state index in [1.54, 1.807) is 4.90 Å². The molecule has 1 fully saturated rings. The molecule has 6 heteroatoms. The van der Waals surface area contributed by atoms with Crippen LogP contribution in [0.4, 0.5) is 4.79 Å². The van der Waals surface area contributed by atoms with Crippen LogP contribution in [0.25, 0.3) is 0 Å². The van der Waals surface area contributed by atoms with E-state index < -0.39 is 0 Å². The van der Waals surface area contributed by atoms with Crippen molar-refractivity contribution in [1.82, 2.24) is 10.2 Å². The second-order valence-electron chi connectivity index (χ2n) is 8.14. The highest BCUT2D eigenvalue weighted by molar-refractivity contribution is 9.10. The number of halogens is 1. The van der Waals surface area contributed by atoms with E-state index in [0.717, 1.165) is 15.6 Å². The molecule has 1 heterocycles. The van der Waals surface area contributed by atoms with E-state index in [0.29, 0.717) is 38.5 Å². The summed E-state index contributed by atoms with van der Waals surface area (Å²) in [6.45, 7) is 5.54. The molecule has 1 unspecified atom stereocenters. The SMILES string of the molecule is CC(C)COC(=O)N1CCC(C(=O)NC(c2ccccc2)c2ccc(Br)cc2)CC1. The Balaban J connectivity index is 1.63. The van der Waals surface area contributed by atoms with E-state index >= 15 is 0 Å². The van der Waals surface area contributed by atoms with E-state index in [1.165, 1.54) is 0 Å². The van der Waals surface area contributed by atoms with Crippen LogP contribution in [0, 0.1) is 11.8 Å². The molecule has 3 rings (SSSR count). The molecular formula is C24H29BrN2O3. The predicted octanol–water partition coefficient (Wildman–Crippen LogP) is 5.16. The summed E-state index contributed by atoms with van der Waals surface area (Å²) in [5.41, 5.74) is 2.08. The van der Waals surface area contributed by atoms with Crippen LogP contribution in [0.1, 0.15) is 43.9 Å². The fourth-order valence-electron chi connectivity index (χ4n) is 3.57. The number of benzene rings is 2. The molecule has 1 saturated heterocycles. The highest BCUT2D eigenvalue weighted by Gasteiger charge is 2.29. The topological polar surface area (TPSA) is 58.6 Å². The van der Waals surface area contributed by atoms with Crippen LogP contribution < -0.4 is 5.32 Å². The highest BCUT2D eigenvalue weighted by atomic mass is 79.9. The lowest BCUT2D eigenvalue weighted by Gasteiger charge is -2.32. The molecule has 1 atom stereocenters. The van der Waals surface area contributed by atoms with Crippen LogP contribution in [-0.2, 0) is 9.53 Å². The maximum atomic E-state index is 13.1. The molecule has 160 valence electrons. The van der Waals surface area contributed by atoms with Gasteiger partial charge >= 0.3 is 6.09 Å². The first-order valence-corrected chi connectivity index (χ1v) is 11.3. The van der Waals surface area contributed by atoms with E-state index in [4.69, 9.17) is 4.74 Å². The molecule has 0 aliphatic carbocycles. The Kier molecular flexibility index (Phi) is 7.91. The van der Waals surface area contributed by atoms with Gasteiger partial charge in [0.1, 0.15) is 0 Å². The fraction of sp³-hybridized carbons (Fsp3) is 0.417. The van der Waals surface area contributed by atoms with Gasteiger partial charge in [0, 0.05) is 23.5 Å². The number of amides is 2. The molecule has 0 aromatic heterocycles. The number of carbonyl (C=O) groups is 2. The summed E-state index contributed by atoms with van der Waals surface area (Å²) in [4.78, 5) is 26.9. The molecule has 1 aliphatic rings. The lowest BCUT2D eigenvalue weighted by Crippen LogP contribution is -2.44. The molecule has 0 bridgehead atoms. The van der Waals surface area contributed by atoms with Gasteiger partial charge in [-0.2, -0.15) is 0 Å². The third-order valence-corrected chi connectivity index (χ3v) is 5.82. The number of rotatable bonds is 6. The maximum absolute atomic E-state index is 13.1. The monoisotopic (exact) mass is 472 g/mol. The van der Waals surface area contributed by atoms with Gasteiger partial charge in [-0.05, 0) is 42.0 Å². The van der Waals surface area contributed by atoms with Crippen molar-refractivity contribution >= 4 is 27.9 Å². The molecule has 0 saturated carbocycles. The Bertz CT molecular complexity index is 831. The highest BCUT2D eigenvalue weighted by Crippen LogP contribution is 2.26. The molecule has 2 aromatic rings. The van der Waals surface area contributed by atoms with Crippen molar-refractivity contribution in [2.24, 2.45) is 11.8 Å². The summed E-state index contributed by atoms with van der Waals surface area (Å²) < 4.78 is 6.31. The standard InChI is InChI=1S/C24H29BrN2O3/c1-17(2)16-30-24(29)27-14-12-20(13-15-27)23(28)26-22(18-6-4-3-5-7-18)19-8-10-21(25)11-9-19/h3-11,17,20,22H,12-16H2,1-2H3,(H,26,28). The Morgan fingerprint density at radius 3 is 2.23 bits per heavy atom. The Morgan fingerprint density at radius 2 is 1.63 bits per heavy atom. The summed E-state index contributed by atoms with van der Waals surface area (Å²) in [7, 11) is 0. The average Bonchev–Trinajstić information content (AvgIpc) is 2.77. The maximum Gasteiger partial charge on any atom is 0.409 e. The Labute approximate surface area is 186 Å². The summed E-state index contributed by atoms with van der Waals surface area (Å²) in [5.74, 6) is 0.230. The molecule has 1 aliphatic heterocycles. The molecule has 1 N–H and O–H groups in total. The summed E-state index contributed by atoms with van der Waals surface area (Å²) in [5, 5.41) is 3.23. The van der Waals surface area contributed by atoms with Gasteiger partial charge < -0.3 is 15.0 Å². The second-order valence-corrected chi connectivity index (χ2v) is 9.05. The summed E-state index contributed by atoms with van der Waals surface area (Å²) in [6, 6.07) is 17.8. The van der Waals surface area contributed by atoms with Gasteiger partial charge in [0.25, 0.3) is 0 Å². The van der Waals surface area contributed by atoms with Gasteiger partial charge in [0.2, 0.25) is 5.91 Å². The molecule has 30 heavy (non-hydrogen) atoms. The van der Waals surface area contributed by atoms with Gasteiger partial charge in [-0.25, -0.2) is 4.79 Å². The van der Waals surface area contributed by atoms with Crippen molar-refractivity contribution in [1.29, 1.82) is 0 Å². The smallest absolute Gasteiger partial charge is 0.409 e. The number of hydrogen-bond acceptors (Lipinski definition) is 3. The number of ether oxygens (including phenoxy) is 1. The lowest BCUT2D eigenvalue weighted by molar-refractivity contribution is -0.126. The molecule has 5 nitrogen and oxygen atoms in total. The van der Waals surface area contributed by atoms with Crippen LogP contribution in [0.15, 0.2) is 59.1 Å². The Morgan fingerprint density at radius 1 is 1.03 bits per heavy atom. The zero-order chi connectivity index (χ0) is 21.5. The van der Waals surface area contributed by atoms with Crippen molar-refractivity contribution in [2.75, 3.05) is 19.7 Å². The van der Waals surface area contributed by atoms with Crippen LogP contribution in [-0.4, -0.2) is 36.6 Å². The van der Waals surface area contributed by atoms with Crippen molar-refractivity contribution < 1.29 is 14.3 Å². The molecule has 2 amide bonds. The van der Waals surface area contributed by atoms with Gasteiger partial charge in [-0.3, -0.25) is 4.79 Å². The minimum Gasteiger partial charge on any atom is -0.449 e. The Hall–Kier alpha value is -2.34. The number of carbonyl (C=O) groups excluding carboxylic acids is 2. The number of nitrogens with one attached hydrogen (secondary N) is 1. The van der Waals surface area contributed by atoms with Crippen LogP contribution in [0.3, 0.4) is 0 Å². The average molecular weight is 473 g/mol. The normalized spacial score (nSPS) is 15.7. The van der Waals surface area contributed by atoms with E-state index in [2.05, 4.69) is 21.2 Å². The molecule has 2 aromatic carbocycles. The minimum atomic E-state index is -0.278. The van der Waals surface area contributed by atoms with Crippen LogP contribution in [0.5, 0.6) is 0 Å². The first-order valence-electron chi connectivity index (χ1n) is 10.5. The predicted molar refractivity (Wildman–Crippen MR) is 121 cm³/mol. The third-order valence-electron chi connectivity index (χ3n) is 5.29. The molecule has 0 spiro atoms. The number of piperidine rings is 1. The van der Waals surface area contributed by atoms with Crippen molar-refractivity contribution in [3.8, 4) is 0 Å². The first kappa shape index (κ1) is 22.3. The first-order chi connectivity index (χ1) is 14.4. The summed E-state index contributed by atoms with van der Waals surface area (Å²) in [6.07, 6.45) is 1.01. The number of nitrogens with zero attached hydrogens (tertiary/aromatic N) is 1. The van der Waals surface area contributed by atoms with E-state index in [9.17, 15) is 9.59 Å². The molecule has 0 radical (unpaired) electrons. The zero-order valence-corrected chi connectivity index (χ0v) is 19.1. The fourth-order valence-corrected chi connectivity index (χ4v) is 3.84.